The van der Waals surface area contributed by atoms with Gasteiger partial charge in [-0.25, -0.2) is 0 Å². The number of fused-ring (bicyclic) bond motifs is 7. The molecule has 0 saturated carbocycles. The maximum Gasteiger partial charge on any atom is 0.308 e. The zero-order valence-electron chi connectivity index (χ0n) is 44.2. The molecule has 12 bridgehead atoms. The van der Waals surface area contributed by atoms with Gasteiger partial charge in [0.2, 0.25) is 0 Å². The Hall–Kier alpha value is -1.06. The molecule has 11 aliphatic rings. The largest absolute Gasteiger partial charge is 0.459 e. The average Bonchev–Trinajstić information content (AvgIpc) is 3.84. The third kappa shape index (κ3) is 10.0. The van der Waals surface area contributed by atoms with Gasteiger partial charge in [-0.15, -0.1) is 0 Å². The first-order valence-corrected chi connectivity index (χ1v) is 33.0. The first-order chi connectivity index (χ1) is 32.4. The van der Waals surface area contributed by atoms with Gasteiger partial charge in [-0.2, -0.15) is 0 Å². The van der Waals surface area contributed by atoms with E-state index in [-0.39, 0.29) is 126 Å². The highest BCUT2D eigenvalue weighted by Crippen LogP contribution is 2.55. The van der Waals surface area contributed by atoms with E-state index in [0.717, 1.165) is 49.7 Å². The zero-order chi connectivity index (χ0) is 49.2. The van der Waals surface area contributed by atoms with E-state index in [4.69, 9.17) is 56.2 Å². The van der Waals surface area contributed by atoms with Gasteiger partial charge >= 0.3 is 5.97 Å². The van der Waals surface area contributed by atoms with Gasteiger partial charge < -0.3 is 56.2 Å². The fourth-order valence-electron chi connectivity index (χ4n) is 13.1. The molecule has 1 spiro atoms. The Kier molecular flexibility index (Phi) is 14.1. The molecule has 0 aromatic heterocycles. The Morgan fingerprint density at radius 1 is 0.623 bits per heavy atom. The van der Waals surface area contributed by atoms with Crippen LogP contribution in [0.5, 0.6) is 0 Å². The van der Waals surface area contributed by atoms with Crippen LogP contribution < -0.4 is 0 Å². The summed E-state index contributed by atoms with van der Waals surface area (Å²) >= 11 is 0. The quantitative estimate of drug-likeness (QED) is 0.143. The predicted molar refractivity (Wildman–Crippen MR) is 265 cm³/mol. The van der Waals surface area contributed by atoms with Crippen LogP contribution in [-0.2, 0) is 61.0 Å². The molecular weight excluding hydrogens is 913 g/mol. The number of ether oxygens (including phenoxy) is 10. The summed E-state index contributed by atoms with van der Waals surface area (Å²) in [5.41, 5.74) is 2.21. The molecule has 11 fully saturated rings. The predicted octanol–water partition coefficient (Wildman–Crippen LogP) is 9.65. The molecule has 0 N–H and O–H groups in total. The van der Waals surface area contributed by atoms with Gasteiger partial charge in [-0.1, -0.05) is 68.5 Å². The summed E-state index contributed by atoms with van der Waals surface area (Å²) in [7, 11) is -4.23. The van der Waals surface area contributed by atoms with Crippen molar-refractivity contribution in [2.24, 2.45) is 11.8 Å². The summed E-state index contributed by atoms with van der Waals surface area (Å²) in [5, 5.41) is 0.103. The molecule has 0 amide bonds. The van der Waals surface area contributed by atoms with Crippen LogP contribution in [0.4, 0.5) is 0 Å². The second-order valence-electron chi connectivity index (χ2n) is 26.2. The molecule has 390 valence electrons. The van der Waals surface area contributed by atoms with Gasteiger partial charge in [-0.05, 0) is 105 Å². The molecule has 13 nitrogen and oxygen atoms in total. The number of carbonyl (C=O) groups is 1. The van der Waals surface area contributed by atoms with Crippen LogP contribution in [0, 0.1) is 11.8 Å². The van der Waals surface area contributed by atoms with Gasteiger partial charge in [0.15, 0.2) is 22.4 Å². The van der Waals surface area contributed by atoms with Crippen molar-refractivity contribution in [2.45, 2.75) is 291 Å². The van der Waals surface area contributed by atoms with E-state index in [1.54, 1.807) is 0 Å². The lowest BCUT2D eigenvalue weighted by Crippen LogP contribution is -2.63. The smallest absolute Gasteiger partial charge is 0.308 e. The molecule has 0 aromatic carbocycles. The Labute approximate surface area is 415 Å². The van der Waals surface area contributed by atoms with Crippen molar-refractivity contribution < 1.29 is 61.0 Å². The molecular formula is C54H88O13Si2. The van der Waals surface area contributed by atoms with Crippen LogP contribution in [-0.4, -0.2) is 145 Å². The fraction of sp³-hybridized carbons (Fsp3) is 0.907. The second-order valence-corrected chi connectivity index (χ2v) is 35.8. The molecule has 11 rings (SSSR count). The normalized spacial score (nSPS) is 47.3. The fourth-order valence-corrected chi connectivity index (χ4v) is 15.5. The number of carbonyl (C=O) groups excluding carboxylic acids is 1. The van der Waals surface area contributed by atoms with Crippen LogP contribution in [0.15, 0.2) is 24.3 Å². The van der Waals surface area contributed by atoms with Crippen molar-refractivity contribution in [3.8, 4) is 0 Å². The maximum atomic E-state index is 14.5. The molecule has 11 saturated heterocycles. The molecule has 11 heterocycles. The highest BCUT2D eigenvalue weighted by Gasteiger charge is 2.69. The molecule has 69 heavy (non-hydrogen) atoms. The lowest BCUT2D eigenvalue weighted by Gasteiger charge is -2.53. The average molecular weight is 1000 g/mol. The lowest BCUT2D eigenvalue weighted by molar-refractivity contribution is -0.293. The standard InChI is InChI=1S/C54H88O13Si2/c1-29-23-33-15-17-36-30(2)24-35(57-36)19-21-54-28-43-48(65-54)49-50(63-43)51(66-54)47-38(62-49)18-16-34(59-47)25-44(55)64-46-32(4)45-42(60-41(46)26-39(58-33)31(29)3)27-40(67-69(13,14)53(8,9)10)37(61-45)20-22-56-68(11,12)52(5,6)7/h29,32-43,45-51H,2-3,15-28H2,1,4-14H3/t29-,32+,33+,34-,35+,36+,37-,38+,39-,40-,41+,42+,43-,45+,46-,47+,48+,49+,50+,51+,54-/m1/s1. The van der Waals surface area contributed by atoms with Gasteiger partial charge in [0, 0.05) is 38.2 Å². The van der Waals surface area contributed by atoms with Crippen molar-refractivity contribution in [3.05, 3.63) is 24.3 Å². The van der Waals surface area contributed by atoms with Crippen LogP contribution in [0.1, 0.15) is 139 Å². The highest BCUT2D eigenvalue weighted by atomic mass is 28.4. The van der Waals surface area contributed by atoms with Gasteiger partial charge in [0.25, 0.3) is 0 Å². The minimum absolute atomic E-state index is 0.0111. The third-order valence-corrected chi connectivity index (χ3v) is 28.4. The minimum atomic E-state index is -2.22. The van der Waals surface area contributed by atoms with Crippen LogP contribution in [0.2, 0.25) is 36.3 Å². The van der Waals surface area contributed by atoms with Crippen molar-refractivity contribution in [1.29, 1.82) is 0 Å². The molecule has 0 aromatic rings. The first-order valence-electron chi connectivity index (χ1n) is 27.2. The van der Waals surface area contributed by atoms with E-state index >= 15 is 0 Å². The maximum absolute atomic E-state index is 14.5. The summed E-state index contributed by atoms with van der Waals surface area (Å²) in [4.78, 5) is 14.5. The molecule has 21 atom stereocenters. The Morgan fingerprint density at radius 3 is 2.04 bits per heavy atom. The highest BCUT2D eigenvalue weighted by molar-refractivity contribution is 6.74. The van der Waals surface area contributed by atoms with E-state index in [1.165, 1.54) is 0 Å². The Morgan fingerprint density at radius 2 is 1.29 bits per heavy atom. The summed E-state index contributed by atoms with van der Waals surface area (Å²) in [5.74, 6) is -1.04. The van der Waals surface area contributed by atoms with Crippen LogP contribution >= 0.6 is 0 Å². The number of hydrogen-bond acceptors (Lipinski definition) is 13. The van der Waals surface area contributed by atoms with Crippen molar-refractivity contribution in [3.63, 3.8) is 0 Å². The summed E-state index contributed by atoms with van der Waals surface area (Å²) in [6.07, 6.45) is 4.67. The molecule has 0 aliphatic carbocycles. The van der Waals surface area contributed by atoms with Crippen molar-refractivity contribution in [2.75, 3.05) is 6.61 Å². The molecule has 0 radical (unpaired) electrons. The lowest BCUT2D eigenvalue weighted by atomic mass is 9.79. The molecule has 0 unspecified atom stereocenters. The summed E-state index contributed by atoms with van der Waals surface area (Å²) < 4.78 is 83.5. The van der Waals surface area contributed by atoms with Crippen molar-refractivity contribution in [1.82, 2.24) is 0 Å². The summed E-state index contributed by atoms with van der Waals surface area (Å²) in [6, 6.07) is 0. The monoisotopic (exact) mass is 1000 g/mol. The number of hydrogen-bond donors (Lipinski definition) is 0. The number of esters is 1. The minimum Gasteiger partial charge on any atom is -0.459 e. The zero-order valence-corrected chi connectivity index (χ0v) is 46.2. The van der Waals surface area contributed by atoms with Crippen molar-refractivity contribution >= 4 is 22.6 Å². The molecule has 15 heteroatoms. The van der Waals surface area contributed by atoms with E-state index in [1.807, 2.05) is 0 Å². The SMILES string of the molecule is C=C1C[C@@H]2CC[C@]34C[C@H]5O[C@@H]6[C@@H](O3)[C@H]3O[C@H](CC[C@@H]3O[C@H]6[C@H]5O4)CC(=O)O[C@@H]3[C@@H](C)[C@@H]4O[C@H](CCO[Si](C)(C)C(C)(C)C)[C@H](O[Si](C)(C)C(C)(C)C)C[C@@H]4O[C@H]3C[C@H]3O[C@@H](CC[C@@H]1O2)C[C@@H](C)C3=C. The number of rotatable bonds is 6. The van der Waals surface area contributed by atoms with Crippen LogP contribution in [0.25, 0.3) is 0 Å². The Bertz CT molecular complexity index is 1920. The third-order valence-electron chi connectivity index (χ3n) is 19.3. The van der Waals surface area contributed by atoms with E-state index in [2.05, 4.69) is 94.7 Å². The van der Waals surface area contributed by atoms with Crippen LogP contribution in [0.3, 0.4) is 0 Å². The molecule has 11 aliphatic heterocycles. The van der Waals surface area contributed by atoms with E-state index in [0.29, 0.717) is 45.1 Å². The van der Waals surface area contributed by atoms with Gasteiger partial charge in [0.05, 0.1) is 79.7 Å². The Balaban J connectivity index is 0.926. The second kappa shape index (κ2) is 18.9. The van der Waals surface area contributed by atoms with Gasteiger partial charge in [0.1, 0.15) is 36.6 Å². The van der Waals surface area contributed by atoms with E-state index in [9.17, 15) is 4.79 Å². The first kappa shape index (κ1) is 51.4. The van der Waals surface area contributed by atoms with E-state index < -0.39 is 40.7 Å². The van der Waals surface area contributed by atoms with Gasteiger partial charge in [-0.3, -0.25) is 4.79 Å². The topological polar surface area (TPSA) is 128 Å². The summed E-state index contributed by atoms with van der Waals surface area (Å²) in [6.45, 7) is 37.1.